The predicted octanol–water partition coefficient (Wildman–Crippen LogP) is 3.38. The third-order valence-corrected chi connectivity index (χ3v) is 1.57. The highest BCUT2D eigenvalue weighted by Crippen LogP contribution is 2.24. The maximum absolute atomic E-state index is 5.23. The zero-order chi connectivity index (χ0) is 10.3. The number of allylic oxidation sites excluding steroid dienone is 3. The SMILES string of the molecule is C=C/C(C)=C1/OCO/C1=C/C.CC. The van der Waals surface area contributed by atoms with Gasteiger partial charge in [-0.15, -0.1) is 0 Å². The van der Waals surface area contributed by atoms with Gasteiger partial charge in [0.05, 0.1) is 0 Å². The van der Waals surface area contributed by atoms with E-state index >= 15 is 0 Å². The molecule has 1 fully saturated rings. The van der Waals surface area contributed by atoms with E-state index in [4.69, 9.17) is 9.47 Å². The van der Waals surface area contributed by atoms with Gasteiger partial charge in [-0.1, -0.05) is 26.5 Å². The molecule has 1 aliphatic rings. The summed E-state index contributed by atoms with van der Waals surface area (Å²) in [4.78, 5) is 0. The van der Waals surface area contributed by atoms with Crippen molar-refractivity contribution in [2.75, 3.05) is 6.79 Å². The summed E-state index contributed by atoms with van der Waals surface area (Å²) in [6, 6.07) is 0. The lowest BCUT2D eigenvalue weighted by molar-refractivity contribution is 0.0971. The Bertz CT molecular complexity index is 224. The van der Waals surface area contributed by atoms with Crippen molar-refractivity contribution in [3.63, 3.8) is 0 Å². The quantitative estimate of drug-likeness (QED) is 0.619. The van der Waals surface area contributed by atoms with Crippen molar-refractivity contribution in [1.82, 2.24) is 0 Å². The van der Waals surface area contributed by atoms with E-state index in [9.17, 15) is 0 Å². The number of rotatable bonds is 1. The topological polar surface area (TPSA) is 18.5 Å². The van der Waals surface area contributed by atoms with Crippen molar-refractivity contribution in [3.8, 4) is 0 Å². The van der Waals surface area contributed by atoms with Crippen LogP contribution >= 0.6 is 0 Å². The highest BCUT2D eigenvalue weighted by atomic mass is 16.7. The standard InChI is InChI=1S/C9H12O2.C2H6/c1-4-7(3)9-8(5-2)10-6-11-9;1-2/h4-5H,1,6H2,2-3H3;1-2H3/b8-5+,9-7+;. The zero-order valence-electron chi connectivity index (χ0n) is 8.89. The molecule has 13 heavy (non-hydrogen) atoms. The lowest BCUT2D eigenvalue weighted by Crippen LogP contribution is -1.85. The van der Waals surface area contributed by atoms with Crippen LogP contribution in [0.25, 0.3) is 0 Å². The molecule has 74 valence electrons. The van der Waals surface area contributed by atoms with Gasteiger partial charge in [-0.25, -0.2) is 0 Å². The van der Waals surface area contributed by atoms with Crippen LogP contribution < -0.4 is 0 Å². The summed E-state index contributed by atoms with van der Waals surface area (Å²) in [6.07, 6.45) is 3.64. The molecule has 0 aromatic carbocycles. The van der Waals surface area contributed by atoms with Crippen molar-refractivity contribution in [3.05, 3.63) is 35.8 Å². The summed E-state index contributed by atoms with van der Waals surface area (Å²) < 4.78 is 10.4. The Balaban J connectivity index is 0.000000671. The second-order valence-electron chi connectivity index (χ2n) is 2.28. The molecule has 0 aliphatic carbocycles. The van der Waals surface area contributed by atoms with Crippen LogP contribution in [0.3, 0.4) is 0 Å². The van der Waals surface area contributed by atoms with E-state index in [1.54, 1.807) is 6.08 Å². The summed E-state index contributed by atoms with van der Waals surface area (Å²) in [7, 11) is 0. The average Bonchev–Trinajstić information content (AvgIpc) is 2.67. The van der Waals surface area contributed by atoms with E-state index in [-0.39, 0.29) is 0 Å². The number of hydrogen-bond acceptors (Lipinski definition) is 2. The Hall–Kier alpha value is -1.18. The fourth-order valence-electron chi connectivity index (χ4n) is 0.904. The lowest BCUT2D eigenvalue weighted by Gasteiger charge is -1.97. The van der Waals surface area contributed by atoms with Gasteiger partial charge in [-0.2, -0.15) is 0 Å². The van der Waals surface area contributed by atoms with Crippen molar-refractivity contribution < 1.29 is 9.47 Å². The monoisotopic (exact) mass is 182 g/mol. The molecule has 1 saturated heterocycles. The third kappa shape index (κ3) is 2.98. The van der Waals surface area contributed by atoms with Gasteiger partial charge in [0.2, 0.25) is 6.79 Å². The number of ether oxygens (including phenoxy) is 2. The maximum Gasteiger partial charge on any atom is 0.231 e. The van der Waals surface area contributed by atoms with Gasteiger partial charge in [0.25, 0.3) is 0 Å². The van der Waals surface area contributed by atoms with E-state index in [1.165, 1.54) is 0 Å². The average molecular weight is 182 g/mol. The smallest absolute Gasteiger partial charge is 0.231 e. The molecule has 1 rings (SSSR count). The summed E-state index contributed by atoms with van der Waals surface area (Å²) in [5.74, 6) is 1.62. The Kier molecular flexibility index (Phi) is 5.77. The Morgan fingerprint density at radius 3 is 2.46 bits per heavy atom. The van der Waals surface area contributed by atoms with Gasteiger partial charge in [0, 0.05) is 0 Å². The van der Waals surface area contributed by atoms with E-state index in [2.05, 4.69) is 6.58 Å². The minimum Gasteiger partial charge on any atom is -0.454 e. The molecule has 0 saturated carbocycles. The summed E-state index contributed by atoms with van der Waals surface area (Å²) in [6.45, 7) is 11.8. The second kappa shape index (κ2) is 6.35. The fraction of sp³-hybridized carbons (Fsp3) is 0.455. The molecule has 1 aliphatic heterocycles. The minimum absolute atomic E-state index is 0.320. The van der Waals surface area contributed by atoms with Gasteiger partial charge in [0.1, 0.15) is 0 Å². The molecule has 0 N–H and O–H groups in total. The van der Waals surface area contributed by atoms with E-state index in [0.717, 1.165) is 17.1 Å². The molecular weight excluding hydrogens is 164 g/mol. The molecule has 2 nitrogen and oxygen atoms in total. The predicted molar refractivity (Wildman–Crippen MR) is 55.0 cm³/mol. The summed E-state index contributed by atoms with van der Waals surface area (Å²) in [5, 5.41) is 0. The largest absolute Gasteiger partial charge is 0.454 e. The van der Waals surface area contributed by atoms with Crippen LogP contribution in [0.15, 0.2) is 35.8 Å². The first kappa shape index (κ1) is 11.8. The van der Waals surface area contributed by atoms with Crippen LogP contribution in [0.5, 0.6) is 0 Å². The molecular formula is C11H18O2. The molecule has 0 radical (unpaired) electrons. The molecule has 0 atom stereocenters. The summed E-state index contributed by atoms with van der Waals surface area (Å²) >= 11 is 0. The highest BCUT2D eigenvalue weighted by molar-refractivity contribution is 5.31. The fourth-order valence-corrected chi connectivity index (χ4v) is 0.904. The van der Waals surface area contributed by atoms with Crippen molar-refractivity contribution in [1.29, 1.82) is 0 Å². The Labute approximate surface area is 80.5 Å². The van der Waals surface area contributed by atoms with Crippen LogP contribution in [0.2, 0.25) is 0 Å². The van der Waals surface area contributed by atoms with E-state index in [1.807, 2.05) is 33.8 Å². The lowest BCUT2D eigenvalue weighted by atomic mass is 10.2. The Morgan fingerprint density at radius 2 is 2.00 bits per heavy atom. The van der Waals surface area contributed by atoms with Crippen LogP contribution in [-0.2, 0) is 9.47 Å². The van der Waals surface area contributed by atoms with Crippen LogP contribution in [-0.4, -0.2) is 6.79 Å². The van der Waals surface area contributed by atoms with Crippen molar-refractivity contribution >= 4 is 0 Å². The van der Waals surface area contributed by atoms with Crippen LogP contribution in [0.1, 0.15) is 27.7 Å². The van der Waals surface area contributed by atoms with Gasteiger partial charge < -0.3 is 9.47 Å². The minimum atomic E-state index is 0.320. The molecule has 0 aromatic heterocycles. The molecule has 0 bridgehead atoms. The molecule has 0 aromatic rings. The Morgan fingerprint density at radius 1 is 1.38 bits per heavy atom. The van der Waals surface area contributed by atoms with Gasteiger partial charge in [0.15, 0.2) is 11.5 Å². The highest BCUT2D eigenvalue weighted by Gasteiger charge is 2.16. The van der Waals surface area contributed by atoms with Crippen LogP contribution in [0, 0.1) is 0 Å². The molecule has 0 amide bonds. The second-order valence-corrected chi connectivity index (χ2v) is 2.28. The first-order chi connectivity index (χ1) is 6.29. The molecule has 2 heteroatoms. The van der Waals surface area contributed by atoms with Crippen LogP contribution in [0.4, 0.5) is 0 Å². The van der Waals surface area contributed by atoms with Gasteiger partial charge in [-0.3, -0.25) is 0 Å². The normalized spacial score (nSPS) is 21.1. The van der Waals surface area contributed by atoms with Crippen molar-refractivity contribution in [2.24, 2.45) is 0 Å². The first-order valence-electron chi connectivity index (χ1n) is 4.55. The maximum atomic E-state index is 5.23. The molecule has 0 unspecified atom stereocenters. The first-order valence-corrected chi connectivity index (χ1v) is 4.55. The molecule has 1 heterocycles. The summed E-state index contributed by atoms with van der Waals surface area (Å²) in [5.41, 5.74) is 1.01. The van der Waals surface area contributed by atoms with Crippen molar-refractivity contribution in [2.45, 2.75) is 27.7 Å². The van der Waals surface area contributed by atoms with Gasteiger partial charge in [-0.05, 0) is 25.5 Å². The number of hydrogen-bond donors (Lipinski definition) is 0. The van der Waals surface area contributed by atoms with E-state index in [0.29, 0.717) is 6.79 Å². The third-order valence-electron chi connectivity index (χ3n) is 1.57. The van der Waals surface area contributed by atoms with Gasteiger partial charge >= 0.3 is 0 Å². The van der Waals surface area contributed by atoms with E-state index < -0.39 is 0 Å². The molecule has 0 spiro atoms. The zero-order valence-corrected chi connectivity index (χ0v) is 8.89.